The number of benzene rings is 1. The molecule has 3 rings (SSSR count). The van der Waals surface area contributed by atoms with E-state index in [9.17, 15) is 4.39 Å². The highest BCUT2D eigenvalue weighted by Gasteiger charge is 2.06. The van der Waals surface area contributed by atoms with E-state index in [4.69, 9.17) is 0 Å². The lowest BCUT2D eigenvalue weighted by Gasteiger charge is -2.11. The molecular formula is C20H25FN6S. The number of imidazole rings is 1. The van der Waals surface area contributed by atoms with E-state index < -0.39 is 0 Å². The second kappa shape index (κ2) is 9.98. The van der Waals surface area contributed by atoms with Gasteiger partial charge in [-0.15, -0.1) is 11.3 Å². The number of aliphatic imine (C=N–C) groups is 1. The summed E-state index contributed by atoms with van der Waals surface area (Å²) in [6, 6.07) is 5.15. The molecule has 2 aromatic heterocycles. The van der Waals surface area contributed by atoms with Gasteiger partial charge >= 0.3 is 0 Å². The van der Waals surface area contributed by atoms with Crippen LogP contribution in [-0.4, -0.2) is 33.6 Å². The van der Waals surface area contributed by atoms with Gasteiger partial charge in [0.15, 0.2) is 5.96 Å². The van der Waals surface area contributed by atoms with Crippen LogP contribution in [0.15, 0.2) is 48.1 Å². The summed E-state index contributed by atoms with van der Waals surface area (Å²) in [5, 5.41) is 7.66. The second-order valence-corrected chi connectivity index (χ2v) is 7.40. The van der Waals surface area contributed by atoms with Gasteiger partial charge in [0.05, 0.1) is 23.6 Å². The fourth-order valence-electron chi connectivity index (χ4n) is 2.69. The molecule has 8 heteroatoms. The van der Waals surface area contributed by atoms with Crippen molar-refractivity contribution in [1.82, 2.24) is 25.2 Å². The van der Waals surface area contributed by atoms with Crippen LogP contribution in [0.2, 0.25) is 0 Å². The Hall–Kier alpha value is -2.74. The van der Waals surface area contributed by atoms with Crippen molar-refractivity contribution in [2.75, 3.05) is 13.1 Å². The van der Waals surface area contributed by atoms with Gasteiger partial charge < -0.3 is 15.2 Å². The molecule has 2 heterocycles. The Labute approximate surface area is 168 Å². The predicted octanol–water partition coefficient (Wildman–Crippen LogP) is 3.33. The zero-order chi connectivity index (χ0) is 19.8. The highest BCUT2D eigenvalue weighted by atomic mass is 32.1. The van der Waals surface area contributed by atoms with E-state index in [1.807, 2.05) is 19.2 Å². The first-order chi connectivity index (χ1) is 13.7. The summed E-state index contributed by atoms with van der Waals surface area (Å²) in [5.74, 6) is 0.424. The predicted molar refractivity (Wildman–Crippen MR) is 112 cm³/mol. The largest absolute Gasteiger partial charge is 0.357 e. The normalized spacial score (nSPS) is 11.6. The molecule has 0 fully saturated rings. The summed E-state index contributed by atoms with van der Waals surface area (Å²) >= 11 is 1.75. The quantitative estimate of drug-likeness (QED) is 0.450. The smallest absolute Gasteiger partial charge is 0.191 e. The lowest BCUT2D eigenvalue weighted by molar-refractivity contribution is 0.615. The number of nitrogens with one attached hydrogen (secondary N) is 2. The maximum atomic E-state index is 14.4. The number of thiazole rings is 1. The summed E-state index contributed by atoms with van der Waals surface area (Å²) in [7, 11) is 0. The maximum Gasteiger partial charge on any atom is 0.191 e. The second-order valence-electron chi connectivity index (χ2n) is 6.20. The Morgan fingerprint density at radius 1 is 1.29 bits per heavy atom. The van der Waals surface area contributed by atoms with E-state index >= 15 is 0 Å². The Morgan fingerprint density at radius 2 is 2.18 bits per heavy atom. The summed E-state index contributed by atoms with van der Waals surface area (Å²) in [6.07, 6.45) is 8.74. The highest BCUT2D eigenvalue weighted by molar-refractivity contribution is 7.11. The summed E-state index contributed by atoms with van der Waals surface area (Å²) in [6.45, 7) is 6.06. The molecule has 0 saturated carbocycles. The van der Waals surface area contributed by atoms with Crippen molar-refractivity contribution in [3.8, 4) is 5.69 Å². The van der Waals surface area contributed by atoms with Crippen molar-refractivity contribution >= 4 is 17.3 Å². The Bertz CT molecular complexity index is 903. The van der Waals surface area contributed by atoms with Crippen LogP contribution in [0.25, 0.3) is 5.69 Å². The van der Waals surface area contributed by atoms with E-state index in [-0.39, 0.29) is 5.82 Å². The molecule has 28 heavy (non-hydrogen) atoms. The van der Waals surface area contributed by atoms with E-state index in [1.165, 1.54) is 10.9 Å². The molecule has 0 saturated heterocycles. The molecule has 0 atom stereocenters. The van der Waals surface area contributed by atoms with Gasteiger partial charge in [0, 0.05) is 43.0 Å². The average molecular weight is 401 g/mol. The van der Waals surface area contributed by atoms with E-state index in [2.05, 4.69) is 32.5 Å². The SMILES string of the molecule is CCNC(=NCc1ccc(-n2ccnc2)c(F)c1)NCCc1ncc(CC)s1. The number of rotatable bonds is 8. The highest BCUT2D eigenvalue weighted by Crippen LogP contribution is 2.16. The zero-order valence-corrected chi connectivity index (χ0v) is 17.0. The molecule has 3 aromatic rings. The number of aryl methyl sites for hydroxylation is 1. The summed E-state index contributed by atoms with van der Waals surface area (Å²) in [5.41, 5.74) is 1.29. The molecule has 0 unspecified atom stereocenters. The third-order valence-electron chi connectivity index (χ3n) is 4.14. The number of halogens is 1. The minimum absolute atomic E-state index is 0.292. The number of aromatic nitrogens is 3. The van der Waals surface area contributed by atoms with Gasteiger partial charge in [-0.25, -0.2) is 19.4 Å². The van der Waals surface area contributed by atoms with Gasteiger partial charge in [-0.3, -0.25) is 0 Å². The van der Waals surface area contributed by atoms with Gasteiger partial charge in [-0.1, -0.05) is 13.0 Å². The van der Waals surface area contributed by atoms with Crippen molar-refractivity contribution in [2.45, 2.75) is 33.2 Å². The van der Waals surface area contributed by atoms with Gasteiger partial charge in [0.1, 0.15) is 5.82 Å². The molecule has 0 radical (unpaired) electrons. The first kappa shape index (κ1) is 20.0. The number of nitrogens with zero attached hydrogens (tertiary/aromatic N) is 4. The summed E-state index contributed by atoms with van der Waals surface area (Å²) in [4.78, 5) is 14.2. The molecule has 0 amide bonds. The zero-order valence-electron chi connectivity index (χ0n) is 16.2. The standard InChI is InChI=1S/C20H25FN6S/c1-3-16-13-25-19(28-16)7-8-24-20(23-4-2)26-12-15-5-6-18(17(21)11-15)27-10-9-22-14-27/h5-6,9-11,13-14H,3-4,7-8,12H2,1-2H3,(H2,23,24,26). The number of guanidine groups is 1. The van der Waals surface area contributed by atoms with E-state index in [1.54, 1.807) is 40.7 Å². The van der Waals surface area contributed by atoms with E-state index in [0.29, 0.717) is 18.2 Å². The summed E-state index contributed by atoms with van der Waals surface area (Å²) < 4.78 is 16.0. The fraction of sp³-hybridized carbons (Fsp3) is 0.350. The van der Waals surface area contributed by atoms with Crippen LogP contribution in [0.4, 0.5) is 4.39 Å². The molecule has 0 aliphatic heterocycles. The van der Waals surface area contributed by atoms with Crippen molar-refractivity contribution in [3.63, 3.8) is 0 Å². The van der Waals surface area contributed by atoms with Crippen LogP contribution < -0.4 is 10.6 Å². The Kier molecular flexibility index (Phi) is 7.13. The Morgan fingerprint density at radius 3 is 2.86 bits per heavy atom. The Balaban J connectivity index is 1.58. The molecule has 0 aliphatic rings. The van der Waals surface area contributed by atoms with Gasteiger partial charge in [-0.05, 0) is 31.0 Å². The average Bonchev–Trinajstić information content (AvgIpc) is 3.38. The van der Waals surface area contributed by atoms with Gasteiger partial charge in [0.2, 0.25) is 0 Å². The molecule has 148 valence electrons. The van der Waals surface area contributed by atoms with E-state index in [0.717, 1.165) is 36.5 Å². The molecule has 0 spiro atoms. The minimum atomic E-state index is -0.292. The van der Waals surface area contributed by atoms with Crippen molar-refractivity contribution in [2.24, 2.45) is 4.99 Å². The van der Waals surface area contributed by atoms with Gasteiger partial charge in [0.25, 0.3) is 0 Å². The van der Waals surface area contributed by atoms with Crippen LogP contribution in [0.1, 0.15) is 29.3 Å². The third kappa shape index (κ3) is 5.39. The fourth-order valence-corrected chi connectivity index (χ4v) is 3.55. The van der Waals surface area contributed by atoms with Crippen LogP contribution in [0.5, 0.6) is 0 Å². The molecular weight excluding hydrogens is 375 g/mol. The van der Waals surface area contributed by atoms with Crippen LogP contribution in [0, 0.1) is 5.82 Å². The van der Waals surface area contributed by atoms with Crippen molar-refractivity contribution in [1.29, 1.82) is 0 Å². The number of hydrogen-bond acceptors (Lipinski definition) is 4. The van der Waals surface area contributed by atoms with Crippen molar-refractivity contribution < 1.29 is 4.39 Å². The third-order valence-corrected chi connectivity index (χ3v) is 5.34. The van der Waals surface area contributed by atoms with Crippen LogP contribution in [-0.2, 0) is 19.4 Å². The van der Waals surface area contributed by atoms with Crippen molar-refractivity contribution in [3.05, 3.63) is 64.4 Å². The molecule has 6 nitrogen and oxygen atoms in total. The molecule has 1 aromatic carbocycles. The topological polar surface area (TPSA) is 67.1 Å². The lowest BCUT2D eigenvalue weighted by Crippen LogP contribution is -2.38. The lowest BCUT2D eigenvalue weighted by atomic mass is 10.2. The number of hydrogen-bond donors (Lipinski definition) is 2. The first-order valence-corrected chi connectivity index (χ1v) is 10.2. The molecule has 0 aliphatic carbocycles. The van der Waals surface area contributed by atoms with Crippen LogP contribution >= 0.6 is 11.3 Å². The van der Waals surface area contributed by atoms with Gasteiger partial charge in [-0.2, -0.15) is 0 Å². The molecule has 0 bridgehead atoms. The first-order valence-electron chi connectivity index (χ1n) is 9.42. The molecule has 2 N–H and O–H groups in total. The monoisotopic (exact) mass is 400 g/mol. The van der Waals surface area contributed by atoms with Crippen LogP contribution in [0.3, 0.4) is 0 Å². The minimum Gasteiger partial charge on any atom is -0.357 e. The maximum absolute atomic E-state index is 14.4.